The van der Waals surface area contributed by atoms with Crippen molar-refractivity contribution in [2.24, 2.45) is 0 Å². The molecular formula is C18H32N2O. The summed E-state index contributed by atoms with van der Waals surface area (Å²) in [5, 5.41) is 3.45. The molecule has 0 amide bonds. The van der Waals surface area contributed by atoms with Crippen molar-refractivity contribution in [3.63, 3.8) is 0 Å². The van der Waals surface area contributed by atoms with Crippen LogP contribution in [0, 0.1) is 0 Å². The maximum atomic E-state index is 5.85. The zero-order valence-corrected chi connectivity index (χ0v) is 14.1. The topological polar surface area (TPSA) is 34.1 Å². The molecule has 21 heavy (non-hydrogen) atoms. The highest BCUT2D eigenvalue weighted by molar-refractivity contribution is 5.25. The number of hydrogen-bond donors (Lipinski definition) is 1. The average Bonchev–Trinajstić information content (AvgIpc) is 2.48. The molecule has 1 aromatic rings. The third-order valence-electron chi connectivity index (χ3n) is 3.42. The first-order valence-corrected chi connectivity index (χ1v) is 8.63. The van der Waals surface area contributed by atoms with E-state index in [-0.39, 0.29) is 0 Å². The van der Waals surface area contributed by atoms with Gasteiger partial charge in [0.05, 0.1) is 6.61 Å². The molecule has 0 aliphatic rings. The molecule has 1 N–H and O–H groups in total. The van der Waals surface area contributed by atoms with E-state index in [0.717, 1.165) is 57.0 Å². The van der Waals surface area contributed by atoms with Gasteiger partial charge in [-0.25, -0.2) is 4.98 Å². The molecule has 0 saturated heterocycles. The molecule has 0 aliphatic heterocycles. The van der Waals surface area contributed by atoms with Crippen LogP contribution >= 0.6 is 0 Å². The summed E-state index contributed by atoms with van der Waals surface area (Å²) in [7, 11) is 0. The second-order valence-corrected chi connectivity index (χ2v) is 5.64. The normalized spacial score (nSPS) is 10.8. The molecule has 3 heteroatoms. The third-order valence-corrected chi connectivity index (χ3v) is 3.42. The van der Waals surface area contributed by atoms with Gasteiger partial charge in [-0.1, -0.05) is 46.5 Å². The van der Waals surface area contributed by atoms with Crippen molar-refractivity contribution < 1.29 is 4.74 Å². The van der Waals surface area contributed by atoms with Crippen LogP contribution in [-0.2, 0) is 13.0 Å². The van der Waals surface area contributed by atoms with Crippen LogP contribution in [0.5, 0.6) is 5.88 Å². The maximum absolute atomic E-state index is 5.85. The number of pyridine rings is 1. The average molecular weight is 292 g/mol. The number of ether oxygens (including phenoxy) is 1. The smallest absolute Gasteiger partial charge is 0.213 e. The summed E-state index contributed by atoms with van der Waals surface area (Å²) in [6.07, 6.45) is 8.22. The molecular weight excluding hydrogens is 260 g/mol. The molecule has 1 heterocycles. The molecule has 0 radical (unpaired) electrons. The van der Waals surface area contributed by atoms with Crippen LogP contribution in [0.3, 0.4) is 0 Å². The highest BCUT2D eigenvalue weighted by atomic mass is 16.5. The monoisotopic (exact) mass is 292 g/mol. The predicted molar refractivity (Wildman–Crippen MR) is 89.9 cm³/mol. The first kappa shape index (κ1) is 18.0. The molecule has 1 rings (SSSR count). The molecule has 0 bridgehead atoms. The van der Waals surface area contributed by atoms with E-state index in [0.29, 0.717) is 0 Å². The minimum Gasteiger partial charge on any atom is -0.478 e. The first-order valence-electron chi connectivity index (χ1n) is 8.63. The van der Waals surface area contributed by atoms with Crippen molar-refractivity contribution in [3.8, 4) is 5.88 Å². The Morgan fingerprint density at radius 1 is 1.00 bits per heavy atom. The number of nitrogens with zero attached hydrogens (tertiary/aromatic N) is 1. The van der Waals surface area contributed by atoms with E-state index in [9.17, 15) is 0 Å². The van der Waals surface area contributed by atoms with Crippen molar-refractivity contribution in [1.29, 1.82) is 0 Å². The Morgan fingerprint density at radius 2 is 1.86 bits per heavy atom. The van der Waals surface area contributed by atoms with Crippen LogP contribution in [0.1, 0.15) is 70.6 Å². The van der Waals surface area contributed by atoms with Gasteiger partial charge in [-0.2, -0.15) is 0 Å². The minimum absolute atomic E-state index is 0.782. The zero-order valence-electron chi connectivity index (χ0n) is 14.1. The Bertz CT molecular complexity index is 379. The van der Waals surface area contributed by atoms with Crippen molar-refractivity contribution >= 4 is 0 Å². The van der Waals surface area contributed by atoms with Crippen LogP contribution in [0.15, 0.2) is 12.1 Å². The number of aryl methyl sites for hydroxylation is 1. The van der Waals surface area contributed by atoms with Gasteiger partial charge < -0.3 is 10.1 Å². The van der Waals surface area contributed by atoms with Crippen LogP contribution < -0.4 is 10.1 Å². The van der Waals surface area contributed by atoms with E-state index in [1.165, 1.54) is 24.8 Å². The summed E-state index contributed by atoms with van der Waals surface area (Å²) in [4.78, 5) is 4.62. The minimum atomic E-state index is 0.782. The fourth-order valence-corrected chi connectivity index (χ4v) is 2.30. The van der Waals surface area contributed by atoms with Gasteiger partial charge in [0.1, 0.15) is 0 Å². The predicted octanol–water partition coefficient (Wildman–Crippen LogP) is 4.49. The van der Waals surface area contributed by atoms with E-state index in [1.54, 1.807) is 0 Å². The highest BCUT2D eigenvalue weighted by Crippen LogP contribution is 2.15. The SMILES string of the molecule is CCCCCCOc1cc(CNCCC)cc(CCC)n1. The van der Waals surface area contributed by atoms with Crippen LogP contribution in [-0.4, -0.2) is 18.1 Å². The van der Waals surface area contributed by atoms with Gasteiger partial charge in [-0.3, -0.25) is 0 Å². The zero-order chi connectivity index (χ0) is 15.3. The Balaban J connectivity index is 2.54. The fraction of sp³-hybridized carbons (Fsp3) is 0.722. The fourth-order valence-electron chi connectivity index (χ4n) is 2.30. The van der Waals surface area contributed by atoms with Crippen LogP contribution in [0.25, 0.3) is 0 Å². The van der Waals surface area contributed by atoms with Crippen LogP contribution in [0.4, 0.5) is 0 Å². The molecule has 0 saturated carbocycles. The summed E-state index contributed by atoms with van der Waals surface area (Å²) in [5.74, 6) is 0.797. The number of hydrogen-bond acceptors (Lipinski definition) is 3. The number of aromatic nitrogens is 1. The lowest BCUT2D eigenvalue weighted by Crippen LogP contribution is -2.14. The quantitative estimate of drug-likeness (QED) is 0.576. The molecule has 0 aliphatic carbocycles. The summed E-state index contributed by atoms with van der Waals surface area (Å²) in [6, 6.07) is 4.29. The standard InChI is InChI=1S/C18H32N2O/c1-4-7-8-9-12-21-18-14-16(15-19-11-6-3)13-17(20-18)10-5-2/h13-14,19H,4-12,15H2,1-3H3. The van der Waals surface area contributed by atoms with Crippen molar-refractivity contribution in [3.05, 3.63) is 23.4 Å². The second kappa shape index (κ2) is 11.6. The maximum Gasteiger partial charge on any atom is 0.213 e. The van der Waals surface area contributed by atoms with Crippen LogP contribution in [0.2, 0.25) is 0 Å². The lowest BCUT2D eigenvalue weighted by Gasteiger charge is -2.10. The van der Waals surface area contributed by atoms with Gasteiger partial charge in [0, 0.05) is 18.3 Å². The van der Waals surface area contributed by atoms with E-state index >= 15 is 0 Å². The Kier molecular flexibility index (Phi) is 9.88. The van der Waals surface area contributed by atoms with E-state index in [2.05, 4.69) is 43.2 Å². The van der Waals surface area contributed by atoms with E-state index < -0.39 is 0 Å². The molecule has 0 unspecified atom stereocenters. The Labute approximate surface area is 130 Å². The molecule has 0 atom stereocenters. The second-order valence-electron chi connectivity index (χ2n) is 5.64. The first-order chi connectivity index (χ1) is 10.3. The van der Waals surface area contributed by atoms with Gasteiger partial charge in [-0.15, -0.1) is 0 Å². The Hall–Kier alpha value is -1.09. The summed E-state index contributed by atoms with van der Waals surface area (Å²) in [6.45, 7) is 9.34. The lowest BCUT2D eigenvalue weighted by molar-refractivity contribution is 0.292. The summed E-state index contributed by atoms with van der Waals surface area (Å²) < 4.78 is 5.85. The van der Waals surface area contributed by atoms with Gasteiger partial charge >= 0.3 is 0 Å². The highest BCUT2D eigenvalue weighted by Gasteiger charge is 2.04. The number of unbranched alkanes of at least 4 members (excludes halogenated alkanes) is 3. The van der Waals surface area contributed by atoms with Gasteiger partial charge in [0.25, 0.3) is 0 Å². The Morgan fingerprint density at radius 3 is 2.57 bits per heavy atom. The molecule has 120 valence electrons. The number of rotatable bonds is 12. The molecule has 0 aromatic carbocycles. The van der Waals surface area contributed by atoms with Crippen molar-refractivity contribution in [2.75, 3.05) is 13.2 Å². The molecule has 1 aromatic heterocycles. The molecule has 0 spiro atoms. The van der Waals surface area contributed by atoms with Crippen molar-refractivity contribution in [2.45, 2.75) is 72.3 Å². The van der Waals surface area contributed by atoms with Gasteiger partial charge in [0.2, 0.25) is 5.88 Å². The van der Waals surface area contributed by atoms with E-state index in [4.69, 9.17) is 4.74 Å². The molecule has 0 fully saturated rings. The number of nitrogens with one attached hydrogen (secondary N) is 1. The van der Waals surface area contributed by atoms with Crippen molar-refractivity contribution in [1.82, 2.24) is 10.3 Å². The largest absolute Gasteiger partial charge is 0.478 e. The molecule has 3 nitrogen and oxygen atoms in total. The van der Waals surface area contributed by atoms with Gasteiger partial charge in [-0.05, 0) is 37.4 Å². The summed E-state index contributed by atoms with van der Waals surface area (Å²) >= 11 is 0. The van der Waals surface area contributed by atoms with Gasteiger partial charge in [0.15, 0.2) is 0 Å². The summed E-state index contributed by atoms with van der Waals surface area (Å²) in [5.41, 5.74) is 2.43. The lowest BCUT2D eigenvalue weighted by atomic mass is 10.1. The van der Waals surface area contributed by atoms with E-state index in [1.807, 2.05) is 0 Å². The third kappa shape index (κ3) is 8.05.